The third kappa shape index (κ3) is 2.11. The van der Waals surface area contributed by atoms with E-state index in [1.807, 2.05) is 12.1 Å². The molecule has 15 heavy (non-hydrogen) atoms. The summed E-state index contributed by atoms with van der Waals surface area (Å²) in [5.74, 6) is 0.450. The molecule has 0 unspecified atom stereocenters. The molecule has 2 rings (SSSR count). The molecule has 0 atom stereocenters. The second-order valence-electron chi connectivity index (χ2n) is 2.94. The van der Waals surface area contributed by atoms with Gasteiger partial charge < -0.3 is 5.73 Å². The summed E-state index contributed by atoms with van der Waals surface area (Å²) in [6, 6.07) is 3.69. The third-order valence-electron chi connectivity index (χ3n) is 1.95. The van der Waals surface area contributed by atoms with Crippen molar-refractivity contribution in [1.82, 2.24) is 9.97 Å². The van der Waals surface area contributed by atoms with Gasteiger partial charge in [0.1, 0.15) is 5.82 Å². The molecule has 76 valence electrons. The summed E-state index contributed by atoms with van der Waals surface area (Å²) >= 11 is 9.36. The van der Waals surface area contributed by atoms with Crippen molar-refractivity contribution in [2.24, 2.45) is 0 Å². The quantitative estimate of drug-likeness (QED) is 0.875. The van der Waals surface area contributed by atoms with Crippen LogP contribution in [0.5, 0.6) is 0 Å². The molecular formula is C10H7BrClN3. The maximum Gasteiger partial charge on any atom is 0.131 e. The highest BCUT2D eigenvalue weighted by Crippen LogP contribution is 2.31. The van der Waals surface area contributed by atoms with E-state index >= 15 is 0 Å². The minimum absolute atomic E-state index is 0.450. The van der Waals surface area contributed by atoms with Gasteiger partial charge in [0.25, 0.3) is 0 Å². The number of pyridine rings is 2. The van der Waals surface area contributed by atoms with Crippen molar-refractivity contribution in [2.75, 3.05) is 5.73 Å². The summed E-state index contributed by atoms with van der Waals surface area (Å²) < 4.78 is 0.861. The largest absolute Gasteiger partial charge is 0.383 e. The molecule has 0 radical (unpaired) electrons. The molecule has 2 aromatic heterocycles. The molecule has 0 aliphatic rings. The highest BCUT2D eigenvalue weighted by atomic mass is 79.9. The number of aromatic nitrogens is 2. The fourth-order valence-corrected chi connectivity index (χ4v) is 1.81. The van der Waals surface area contributed by atoms with Gasteiger partial charge in [-0.25, -0.2) is 4.98 Å². The van der Waals surface area contributed by atoms with Crippen LogP contribution in [-0.2, 0) is 0 Å². The number of nitrogens with two attached hydrogens (primary N) is 1. The molecule has 0 aliphatic carbocycles. The average Bonchev–Trinajstić information content (AvgIpc) is 2.23. The first kappa shape index (κ1) is 10.4. The first-order valence-electron chi connectivity index (χ1n) is 4.19. The van der Waals surface area contributed by atoms with Crippen molar-refractivity contribution in [3.8, 4) is 11.1 Å². The van der Waals surface area contributed by atoms with Crippen LogP contribution < -0.4 is 5.73 Å². The van der Waals surface area contributed by atoms with E-state index in [2.05, 4.69) is 25.9 Å². The van der Waals surface area contributed by atoms with Crippen molar-refractivity contribution < 1.29 is 0 Å². The Labute approximate surface area is 100 Å². The maximum atomic E-state index is 6.02. The summed E-state index contributed by atoms with van der Waals surface area (Å²) in [5, 5.41) is 0.559. The zero-order chi connectivity index (χ0) is 10.8. The molecule has 5 heteroatoms. The Balaban J connectivity index is 2.64. The predicted octanol–water partition coefficient (Wildman–Crippen LogP) is 3.14. The van der Waals surface area contributed by atoms with Crippen molar-refractivity contribution >= 4 is 33.3 Å². The van der Waals surface area contributed by atoms with Crippen LogP contribution in [0.2, 0.25) is 5.02 Å². The molecule has 3 nitrogen and oxygen atoms in total. The summed E-state index contributed by atoms with van der Waals surface area (Å²) in [6.45, 7) is 0. The second-order valence-corrected chi connectivity index (χ2v) is 4.26. The van der Waals surface area contributed by atoms with E-state index in [1.54, 1.807) is 18.6 Å². The van der Waals surface area contributed by atoms with E-state index in [0.29, 0.717) is 10.8 Å². The van der Waals surface area contributed by atoms with Gasteiger partial charge in [-0.15, -0.1) is 0 Å². The summed E-state index contributed by atoms with van der Waals surface area (Å²) in [6.07, 6.45) is 4.90. The van der Waals surface area contributed by atoms with Crippen molar-refractivity contribution in [1.29, 1.82) is 0 Å². The van der Waals surface area contributed by atoms with Gasteiger partial charge in [-0.3, -0.25) is 4.98 Å². The number of hydrogen-bond acceptors (Lipinski definition) is 3. The Hall–Kier alpha value is -1.13. The van der Waals surface area contributed by atoms with Crippen LogP contribution in [0.15, 0.2) is 35.2 Å². The van der Waals surface area contributed by atoms with Crippen molar-refractivity contribution in [2.45, 2.75) is 0 Å². The standard InChI is InChI=1S/C10H7BrClN3/c11-6-3-8(10(13)15-4-6)7-1-2-14-5-9(7)12/h1-5H,(H2,13,15). The zero-order valence-corrected chi connectivity index (χ0v) is 9.96. The number of nitrogens with zero attached hydrogens (tertiary/aromatic N) is 2. The van der Waals surface area contributed by atoms with Gasteiger partial charge in [0, 0.05) is 34.2 Å². The maximum absolute atomic E-state index is 6.02. The lowest BCUT2D eigenvalue weighted by atomic mass is 10.1. The zero-order valence-electron chi connectivity index (χ0n) is 7.61. The van der Waals surface area contributed by atoms with Crippen LogP contribution >= 0.6 is 27.5 Å². The van der Waals surface area contributed by atoms with Gasteiger partial charge in [0.05, 0.1) is 5.02 Å². The van der Waals surface area contributed by atoms with Crippen LogP contribution in [-0.4, -0.2) is 9.97 Å². The number of rotatable bonds is 1. The topological polar surface area (TPSA) is 51.8 Å². The smallest absolute Gasteiger partial charge is 0.131 e. The van der Waals surface area contributed by atoms with Crippen LogP contribution in [0.4, 0.5) is 5.82 Å². The summed E-state index contributed by atoms with van der Waals surface area (Å²) in [5.41, 5.74) is 7.41. The predicted molar refractivity (Wildman–Crippen MR) is 64.6 cm³/mol. The monoisotopic (exact) mass is 283 g/mol. The van der Waals surface area contributed by atoms with Crippen molar-refractivity contribution in [3.05, 3.63) is 40.2 Å². The van der Waals surface area contributed by atoms with E-state index in [9.17, 15) is 0 Å². The number of anilines is 1. The molecule has 0 aromatic carbocycles. The van der Waals surface area contributed by atoms with Gasteiger partial charge >= 0.3 is 0 Å². The number of nitrogen functional groups attached to an aromatic ring is 1. The lowest BCUT2D eigenvalue weighted by Gasteiger charge is -2.06. The Morgan fingerprint density at radius 3 is 2.80 bits per heavy atom. The lowest BCUT2D eigenvalue weighted by Crippen LogP contribution is -1.94. The normalized spacial score (nSPS) is 10.3. The van der Waals surface area contributed by atoms with E-state index < -0.39 is 0 Å². The fraction of sp³-hybridized carbons (Fsp3) is 0. The molecule has 0 spiro atoms. The van der Waals surface area contributed by atoms with Crippen LogP contribution in [0.25, 0.3) is 11.1 Å². The van der Waals surface area contributed by atoms with Gasteiger partial charge in [-0.1, -0.05) is 11.6 Å². The Kier molecular flexibility index (Phi) is 2.88. The third-order valence-corrected chi connectivity index (χ3v) is 2.68. The molecule has 0 aliphatic heterocycles. The van der Waals surface area contributed by atoms with Gasteiger partial charge in [0.15, 0.2) is 0 Å². The van der Waals surface area contributed by atoms with Crippen LogP contribution in [0.3, 0.4) is 0 Å². The van der Waals surface area contributed by atoms with Gasteiger partial charge in [-0.2, -0.15) is 0 Å². The first-order valence-corrected chi connectivity index (χ1v) is 5.36. The number of halogens is 2. The molecule has 2 N–H and O–H groups in total. The Bertz CT molecular complexity index is 502. The van der Waals surface area contributed by atoms with Gasteiger partial charge in [-0.05, 0) is 28.1 Å². The lowest BCUT2D eigenvalue weighted by molar-refractivity contribution is 1.30. The van der Waals surface area contributed by atoms with E-state index in [4.69, 9.17) is 17.3 Å². The molecule has 0 amide bonds. The highest BCUT2D eigenvalue weighted by molar-refractivity contribution is 9.10. The van der Waals surface area contributed by atoms with Crippen molar-refractivity contribution in [3.63, 3.8) is 0 Å². The minimum atomic E-state index is 0.450. The SMILES string of the molecule is Nc1ncc(Br)cc1-c1ccncc1Cl. The molecule has 0 fully saturated rings. The summed E-state index contributed by atoms with van der Waals surface area (Å²) in [4.78, 5) is 7.97. The minimum Gasteiger partial charge on any atom is -0.383 e. The van der Waals surface area contributed by atoms with Gasteiger partial charge in [0.2, 0.25) is 0 Å². The Morgan fingerprint density at radius 1 is 1.27 bits per heavy atom. The molecule has 2 heterocycles. The molecule has 0 saturated carbocycles. The number of hydrogen-bond donors (Lipinski definition) is 1. The molecule has 0 saturated heterocycles. The second kappa shape index (κ2) is 4.16. The van der Waals surface area contributed by atoms with E-state index in [-0.39, 0.29) is 0 Å². The Morgan fingerprint density at radius 2 is 2.07 bits per heavy atom. The summed E-state index contributed by atoms with van der Waals surface area (Å²) in [7, 11) is 0. The molecular weight excluding hydrogens is 277 g/mol. The van der Waals surface area contributed by atoms with E-state index in [0.717, 1.165) is 15.6 Å². The highest BCUT2D eigenvalue weighted by Gasteiger charge is 2.08. The van der Waals surface area contributed by atoms with Crippen LogP contribution in [0.1, 0.15) is 0 Å². The van der Waals surface area contributed by atoms with E-state index in [1.165, 1.54) is 0 Å². The fourth-order valence-electron chi connectivity index (χ4n) is 1.26. The molecule has 0 bridgehead atoms. The average molecular weight is 285 g/mol. The molecule has 2 aromatic rings. The van der Waals surface area contributed by atoms with Crippen LogP contribution in [0, 0.1) is 0 Å². The first-order chi connectivity index (χ1) is 7.18.